The van der Waals surface area contributed by atoms with Crippen molar-refractivity contribution in [2.75, 3.05) is 6.61 Å². The van der Waals surface area contributed by atoms with Crippen LogP contribution in [0, 0.1) is 5.82 Å². The molecule has 194 valence electrons. The first kappa shape index (κ1) is 26.7. The molecule has 1 nitrogen and oxygen atoms in total. The Morgan fingerprint density at radius 2 is 1.30 bits per heavy atom. The maximum Gasteiger partial charge on any atom is 0.416 e. The Labute approximate surface area is 216 Å². The minimum Gasteiger partial charge on any atom is -0.494 e. The fraction of sp³-hybridized carbons (Fsp3) is 0.312. The lowest BCUT2D eigenvalue weighted by Crippen LogP contribution is -2.04. The largest absolute Gasteiger partial charge is 0.494 e. The van der Waals surface area contributed by atoms with Crippen molar-refractivity contribution in [3.8, 4) is 5.75 Å². The maximum absolute atomic E-state index is 15.2. The number of hydrogen-bond acceptors (Lipinski definition) is 1. The molecule has 0 saturated heterocycles. The summed E-state index contributed by atoms with van der Waals surface area (Å²) in [7, 11) is 0. The third-order valence-electron chi connectivity index (χ3n) is 6.71. The van der Waals surface area contributed by atoms with Crippen molar-refractivity contribution in [3.63, 3.8) is 0 Å². The molecule has 0 aromatic heterocycles. The molecule has 0 bridgehead atoms. The molecule has 0 aliphatic rings. The molecule has 0 fully saturated rings. The lowest BCUT2D eigenvalue weighted by atomic mass is 9.97. The molecule has 0 amide bonds. The predicted octanol–water partition coefficient (Wildman–Crippen LogP) is 9.14. The van der Waals surface area contributed by atoms with Crippen LogP contribution < -0.4 is 4.74 Å². The lowest BCUT2D eigenvalue weighted by molar-refractivity contribution is -0.137. The van der Waals surface area contributed by atoms with Crippen molar-refractivity contribution in [1.82, 2.24) is 0 Å². The summed E-state index contributed by atoms with van der Waals surface area (Å²) in [5, 5.41) is 1.42. The standard InChI is InChI=1S/C32H32F4O/c1-2-3-4-21-37-29-18-10-23(11-19-29)5-6-25-12-20-30-27(22-25)15-14-26(31(30)33)13-7-24-8-16-28(17-9-24)32(34,35)36/h8-12,14-20,22H,2-7,13,21H2,1H3. The van der Waals surface area contributed by atoms with Crippen LogP contribution in [0.4, 0.5) is 17.6 Å². The molecule has 0 atom stereocenters. The van der Waals surface area contributed by atoms with Gasteiger partial charge in [-0.2, -0.15) is 13.2 Å². The van der Waals surface area contributed by atoms with Crippen LogP contribution in [-0.4, -0.2) is 6.61 Å². The van der Waals surface area contributed by atoms with Gasteiger partial charge >= 0.3 is 6.18 Å². The van der Waals surface area contributed by atoms with E-state index in [4.69, 9.17) is 4.74 Å². The molecule has 0 heterocycles. The van der Waals surface area contributed by atoms with Crippen molar-refractivity contribution < 1.29 is 22.3 Å². The van der Waals surface area contributed by atoms with Gasteiger partial charge in [0, 0.05) is 5.39 Å². The molecule has 4 aromatic rings. The van der Waals surface area contributed by atoms with E-state index in [1.165, 1.54) is 30.5 Å². The number of benzene rings is 4. The van der Waals surface area contributed by atoms with Crippen molar-refractivity contribution in [3.05, 3.63) is 112 Å². The summed E-state index contributed by atoms with van der Waals surface area (Å²) in [6, 6.07) is 22.8. The molecule has 0 spiro atoms. The Balaban J connectivity index is 1.34. The first-order chi connectivity index (χ1) is 17.8. The number of fused-ring (bicyclic) bond motifs is 1. The fourth-order valence-corrected chi connectivity index (χ4v) is 4.46. The number of hydrogen-bond donors (Lipinski definition) is 0. The van der Waals surface area contributed by atoms with E-state index in [0.29, 0.717) is 23.8 Å². The quantitative estimate of drug-likeness (QED) is 0.145. The first-order valence-corrected chi connectivity index (χ1v) is 12.9. The van der Waals surface area contributed by atoms with E-state index in [9.17, 15) is 13.2 Å². The Kier molecular flexibility index (Phi) is 8.86. The smallest absolute Gasteiger partial charge is 0.416 e. The molecule has 0 unspecified atom stereocenters. The summed E-state index contributed by atoms with van der Waals surface area (Å²) in [6.07, 6.45) is 1.71. The third kappa shape index (κ3) is 7.34. The average molecular weight is 509 g/mol. The van der Waals surface area contributed by atoms with Gasteiger partial charge in [-0.25, -0.2) is 4.39 Å². The molecule has 0 aliphatic carbocycles. The fourth-order valence-electron chi connectivity index (χ4n) is 4.46. The second-order valence-electron chi connectivity index (χ2n) is 9.49. The van der Waals surface area contributed by atoms with Crippen LogP contribution in [0.3, 0.4) is 0 Å². The lowest BCUT2D eigenvalue weighted by Gasteiger charge is -2.10. The van der Waals surface area contributed by atoms with E-state index in [0.717, 1.165) is 60.3 Å². The van der Waals surface area contributed by atoms with Gasteiger partial charge in [0.15, 0.2) is 0 Å². The topological polar surface area (TPSA) is 9.23 Å². The molecule has 0 aliphatic heterocycles. The highest BCUT2D eigenvalue weighted by atomic mass is 19.4. The Morgan fingerprint density at radius 1 is 0.676 bits per heavy atom. The van der Waals surface area contributed by atoms with Gasteiger partial charge in [-0.3, -0.25) is 0 Å². The minimum atomic E-state index is -4.35. The van der Waals surface area contributed by atoms with Crippen molar-refractivity contribution in [1.29, 1.82) is 0 Å². The van der Waals surface area contributed by atoms with Gasteiger partial charge in [0.2, 0.25) is 0 Å². The van der Waals surface area contributed by atoms with E-state index < -0.39 is 11.7 Å². The number of aryl methyl sites for hydroxylation is 4. The van der Waals surface area contributed by atoms with Gasteiger partial charge in [0.25, 0.3) is 0 Å². The molecule has 4 rings (SSSR count). The Bertz CT molecular complexity index is 1290. The highest BCUT2D eigenvalue weighted by Crippen LogP contribution is 2.29. The Hall–Kier alpha value is -3.34. The SMILES string of the molecule is CCCCCOc1ccc(CCc2ccc3c(F)c(CCc4ccc(C(F)(F)F)cc4)ccc3c2)cc1. The third-order valence-corrected chi connectivity index (χ3v) is 6.71. The number of rotatable bonds is 11. The van der Waals surface area contributed by atoms with Crippen LogP contribution >= 0.6 is 0 Å². The monoisotopic (exact) mass is 508 g/mol. The zero-order valence-electron chi connectivity index (χ0n) is 21.1. The van der Waals surface area contributed by atoms with E-state index in [2.05, 4.69) is 19.1 Å². The normalized spacial score (nSPS) is 11.7. The van der Waals surface area contributed by atoms with E-state index >= 15 is 4.39 Å². The van der Waals surface area contributed by atoms with Gasteiger partial charge in [-0.05, 0) is 84.0 Å². The minimum absolute atomic E-state index is 0.259. The zero-order valence-corrected chi connectivity index (χ0v) is 21.1. The number of ether oxygens (including phenoxy) is 1. The van der Waals surface area contributed by atoms with Crippen LogP contribution in [0.2, 0.25) is 0 Å². The molecule has 0 radical (unpaired) electrons. The Morgan fingerprint density at radius 3 is 1.97 bits per heavy atom. The summed E-state index contributed by atoms with van der Waals surface area (Å²) in [5.41, 5.74) is 3.01. The van der Waals surface area contributed by atoms with Gasteiger partial charge in [-0.15, -0.1) is 0 Å². The van der Waals surface area contributed by atoms with Crippen molar-refractivity contribution >= 4 is 10.8 Å². The van der Waals surface area contributed by atoms with E-state index in [1.54, 1.807) is 6.07 Å². The predicted molar refractivity (Wildman–Crippen MR) is 142 cm³/mol. The first-order valence-electron chi connectivity index (χ1n) is 12.9. The van der Waals surface area contributed by atoms with Crippen LogP contribution in [0.15, 0.2) is 78.9 Å². The molecule has 0 N–H and O–H groups in total. The summed E-state index contributed by atoms with van der Waals surface area (Å²) in [5.74, 6) is 0.639. The summed E-state index contributed by atoms with van der Waals surface area (Å²) < 4.78 is 59.2. The maximum atomic E-state index is 15.2. The number of alkyl halides is 3. The highest BCUT2D eigenvalue weighted by Gasteiger charge is 2.29. The molecule has 0 saturated carbocycles. The van der Waals surface area contributed by atoms with E-state index in [-0.39, 0.29) is 5.82 Å². The van der Waals surface area contributed by atoms with Gasteiger partial charge in [0.05, 0.1) is 12.2 Å². The average Bonchev–Trinajstić information content (AvgIpc) is 2.90. The summed E-state index contributed by atoms with van der Waals surface area (Å²) >= 11 is 0. The number of unbranched alkanes of at least 4 members (excludes halogenated alkanes) is 2. The summed E-state index contributed by atoms with van der Waals surface area (Å²) in [6.45, 7) is 2.92. The highest BCUT2D eigenvalue weighted by molar-refractivity contribution is 5.84. The second kappa shape index (κ2) is 12.3. The van der Waals surface area contributed by atoms with Gasteiger partial charge < -0.3 is 4.74 Å². The summed E-state index contributed by atoms with van der Waals surface area (Å²) in [4.78, 5) is 0. The molecule has 5 heteroatoms. The second-order valence-corrected chi connectivity index (χ2v) is 9.49. The van der Waals surface area contributed by atoms with Gasteiger partial charge in [-0.1, -0.05) is 74.4 Å². The van der Waals surface area contributed by atoms with Crippen LogP contribution in [0.25, 0.3) is 10.8 Å². The number of halogens is 4. The van der Waals surface area contributed by atoms with Crippen LogP contribution in [0.1, 0.15) is 54.0 Å². The van der Waals surface area contributed by atoms with Crippen LogP contribution in [0.5, 0.6) is 5.75 Å². The molecular weight excluding hydrogens is 476 g/mol. The van der Waals surface area contributed by atoms with Crippen LogP contribution in [-0.2, 0) is 31.9 Å². The molecule has 37 heavy (non-hydrogen) atoms. The van der Waals surface area contributed by atoms with E-state index in [1.807, 2.05) is 36.4 Å². The molecular formula is C32H32F4O. The van der Waals surface area contributed by atoms with Crippen molar-refractivity contribution in [2.24, 2.45) is 0 Å². The van der Waals surface area contributed by atoms with Crippen molar-refractivity contribution in [2.45, 2.75) is 58.0 Å². The zero-order chi connectivity index (χ0) is 26.3. The molecule has 4 aromatic carbocycles. The van der Waals surface area contributed by atoms with Gasteiger partial charge in [0.1, 0.15) is 11.6 Å².